The van der Waals surface area contributed by atoms with Crippen LogP contribution in [-0.2, 0) is 13.2 Å². The fourth-order valence-corrected chi connectivity index (χ4v) is 3.04. The highest BCUT2D eigenvalue weighted by Gasteiger charge is 2.26. The molecule has 3 aromatic rings. The lowest BCUT2D eigenvalue weighted by Crippen LogP contribution is -2.23. The molecule has 0 bridgehead atoms. The summed E-state index contributed by atoms with van der Waals surface area (Å²) in [5, 5.41) is 7.73. The minimum Gasteiger partial charge on any atom is -0.487 e. The summed E-state index contributed by atoms with van der Waals surface area (Å²) in [5.41, 5.74) is 3.18. The summed E-state index contributed by atoms with van der Waals surface area (Å²) in [6.45, 7) is 0.990. The molecule has 26 heavy (non-hydrogen) atoms. The minimum atomic E-state index is 0.129. The predicted molar refractivity (Wildman–Crippen MR) is 99.6 cm³/mol. The Morgan fingerprint density at radius 2 is 1.92 bits per heavy atom. The molecule has 1 fully saturated rings. The number of halogens is 1. The molecule has 0 saturated heterocycles. The molecule has 0 amide bonds. The topological polar surface area (TPSA) is 57.0 Å². The van der Waals surface area contributed by atoms with Gasteiger partial charge in [-0.1, -0.05) is 41.9 Å². The second-order valence-corrected chi connectivity index (χ2v) is 6.88. The van der Waals surface area contributed by atoms with E-state index in [1.807, 2.05) is 42.6 Å². The Hall–Kier alpha value is -2.66. The van der Waals surface area contributed by atoms with Crippen molar-refractivity contribution in [3.05, 3.63) is 87.1 Å². The number of hydrogen-bond donors (Lipinski definition) is 0. The van der Waals surface area contributed by atoms with Crippen LogP contribution in [0.15, 0.2) is 59.7 Å². The van der Waals surface area contributed by atoms with Crippen LogP contribution in [0, 0.1) is 0 Å². The molecule has 1 aliphatic carbocycles. The molecule has 0 radical (unpaired) electrons. The van der Waals surface area contributed by atoms with Crippen LogP contribution < -0.4 is 10.3 Å². The maximum atomic E-state index is 12.5. The van der Waals surface area contributed by atoms with E-state index in [0.29, 0.717) is 30.0 Å². The van der Waals surface area contributed by atoms with E-state index in [-0.39, 0.29) is 5.56 Å². The largest absolute Gasteiger partial charge is 0.487 e. The smallest absolute Gasteiger partial charge is 0.254 e. The molecule has 0 unspecified atom stereocenters. The van der Waals surface area contributed by atoms with Gasteiger partial charge in [0.05, 0.1) is 12.7 Å². The molecule has 0 N–H and O–H groups in total. The molecule has 6 heteroatoms. The van der Waals surface area contributed by atoms with Gasteiger partial charge in [-0.25, -0.2) is 0 Å². The number of rotatable bonds is 6. The number of nitrogens with zero attached hydrogens (tertiary/aromatic N) is 3. The van der Waals surface area contributed by atoms with Gasteiger partial charge < -0.3 is 9.30 Å². The third kappa shape index (κ3) is 3.94. The van der Waals surface area contributed by atoms with Crippen molar-refractivity contribution in [2.24, 2.45) is 0 Å². The molecule has 1 aromatic carbocycles. The summed E-state index contributed by atoms with van der Waals surface area (Å²) in [5.74, 6) is 1.04. The first-order chi connectivity index (χ1) is 12.7. The number of aromatic nitrogens is 3. The Morgan fingerprint density at radius 1 is 1.15 bits per heavy atom. The van der Waals surface area contributed by atoms with Gasteiger partial charge in [-0.2, -0.15) is 5.10 Å². The summed E-state index contributed by atoms with van der Waals surface area (Å²) >= 11 is 5.79. The van der Waals surface area contributed by atoms with E-state index >= 15 is 0 Å². The van der Waals surface area contributed by atoms with Crippen LogP contribution in [0.4, 0.5) is 0 Å². The van der Waals surface area contributed by atoms with Gasteiger partial charge in [0.25, 0.3) is 5.56 Å². The van der Waals surface area contributed by atoms with Gasteiger partial charge in [0, 0.05) is 17.8 Å². The van der Waals surface area contributed by atoms with E-state index in [0.717, 1.165) is 29.5 Å². The zero-order chi connectivity index (χ0) is 17.9. The van der Waals surface area contributed by atoms with E-state index in [4.69, 9.17) is 16.3 Å². The van der Waals surface area contributed by atoms with Crippen LogP contribution >= 0.6 is 11.6 Å². The summed E-state index contributed by atoms with van der Waals surface area (Å²) in [6.07, 6.45) is 5.64. The van der Waals surface area contributed by atoms with E-state index < -0.39 is 0 Å². The average Bonchev–Trinajstić information content (AvgIpc) is 3.48. The van der Waals surface area contributed by atoms with Crippen LogP contribution in [0.25, 0.3) is 0 Å². The Bertz CT molecular complexity index is 965. The number of ether oxygens (including phenoxy) is 1. The Balaban J connectivity index is 1.42. The van der Waals surface area contributed by atoms with Gasteiger partial charge in [0.2, 0.25) is 0 Å². The minimum absolute atomic E-state index is 0.129. The maximum Gasteiger partial charge on any atom is 0.254 e. The molecule has 2 heterocycles. The molecule has 5 nitrogen and oxygen atoms in total. The molecule has 1 saturated carbocycles. The first-order valence-electron chi connectivity index (χ1n) is 8.57. The molecule has 0 aliphatic heterocycles. The first kappa shape index (κ1) is 16.8. The Labute approximate surface area is 156 Å². The standard InChI is InChI=1S/C20H18ClN3O2/c21-19-10-17(11-22-23-19)26-13-15-5-3-14(4-6-15)12-24-9-1-2-18(20(24)25)16-7-8-16/h1-6,9-11,16H,7-8,12-13H2. The molecular weight excluding hydrogens is 350 g/mol. The molecule has 0 spiro atoms. The van der Waals surface area contributed by atoms with Crippen LogP contribution in [-0.4, -0.2) is 14.8 Å². The predicted octanol–water partition coefficient (Wildman–Crippen LogP) is 3.80. The fraction of sp³-hybridized carbons (Fsp3) is 0.250. The highest BCUT2D eigenvalue weighted by molar-refractivity contribution is 6.29. The molecule has 1 aliphatic rings. The Morgan fingerprint density at radius 3 is 2.65 bits per heavy atom. The van der Waals surface area contributed by atoms with Gasteiger partial charge in [-0.05, 0) is 36.0 Å². The fourth-order valence-electron chi connectivity index (χ4n) is 2.89. The highest BCUT2D eigenvalue weighted by atomic mass is 35.5. The van der Waals surface area contributed by atoms with E-state index in [1.165, 1.54) is 6.20 Å². The zero-order valence-corrected chi connectivity index (χ0v) is 14.9. The lowest BCUT2D eigenvalue weighted by atomic mass is 10.1. The van der Waals surface area contributed by atoms with Crippen molar-refractivity contribution in [3.63, 3.8) is 0 Å². The lowest BCUT2D eigenvalue weighted by molar-refractivity contribution is 0.304. The van der Waals surface area contributed by atoms with Crippen molar-refractivity contribution < 1.29 is 4.74 Å². The van der Waals surface area contributed by atoms with Crippen LogP contribution in [0.2, 0.25) is 5.15 Å². The van der Waals surface area contributed by atoms with Gasteiger partial charge in [0.15, 0.2) is 5.15 Å². The van der Waals surface area contributed by atoms with Crippen molar-refractivity contribution in [1.82, 2.24) is 14.8 Å². The second kappa shape index (κ2) is 7.30. The zero-order valence-electron chi connectivity index (χ0n) is 14.1. The van der Waals surface area contributed by atoms with Gasteiger partial charge >= 0.3 is 0 Å². The number of pyridine rings is 1. The third-order valence-electron chi connectivity index (χ3n) is 4.45. The monoisotopic (exact) mass is 367 g/mol. The molecule has 4 rings (SSSR count). The molecule has 2 aromatic heterocycles. The summed E-state index contributed by atoms with van der Waals surface area (Å²) < 4.78 is 7.44. The molecular formula is C20H18ClN3O2. The van der Waals surface area contributed by atoms with Crippen molar-refractivity contribution in [3.8, 4) is 5.75 Å². The Kier molecular flexibility index (Phi) is 4.71. The third-order valence-corrected chi connectivity index (χ3v) is 4.63. The first-order valence-corrected chi connectivity index (χ1v) is 8.95. The molecule has 0 atom stereocenters. The van der Waals surface area contributed by atoms with Crippen LogP contribution in [0.1, 0.15) is 35.4 Å². The second-order valence-electron chi connectivity index (χ2n) is 6.49. The van der Waals surface area contributed by atoms with E-state index in [9.17, 15) is 4.79 Å². The van der Waals surface area contributed by atoms with Gasteiger partial charge in [-0.3, -0.25) is 4.79 Å². The quantitative estimate of drug-likeness (QED) is 0.665. The van der Waals surface area contributed by atoms with Crippen molar-refractivity contribution in [2.75, 3.05) is 0 Å². The van der Waals surface area contributed by atoms with Crippen molar-refractivity contribution in [1.29, 1.82) is 0 Å². The summed E-state index contributed by atoms with van der Waals surface area (Å²) in [7, 11) is 0. The van der Waals surface area contributed by atoms with Crippen LogP contribution in [0.5, 0.6) is 5.75 Å². The lowest BCUT2D eigenvalue weighted by Gasteiger charge is -2.09. The number of benzene rings is 1. The van der Waals surface area contributed by atoms with E-state index in [1.54, 1.807) is 10.6 Å². The average molecular weight is 368 g/mol. The summed E-state index contributed by atoms with van der Waals surface area (Å²) in [4.78, 5) is 12.5. The molecule has 132 valence electrons. The SMILES string of the molecule is O=c1c(C2CC2)cccn1Cc1ccc(COc2cnnc(Cl)c2)cc1. The van der Waals surface area contributed by atoms with Gasteiger partial charge in [0.1, 0.15) is 12.4 Å². The maximum absolute atomic E-state index is 12.5. The van der Waals surface area contributed by atoms with Crippen LogP contribution in [0.3, 0.4) is 0 Å². The summed E-state index contributed by atoms with van der Waals surface area (Å²) in [6, 6.07) is 13.6. The van der Waals surface area contributed by atoms with E-state index in [2.05, 4.69) is 10.2 Å². The van der Waals surface area contributed by atoms with Crippen molar-refractivity contribution in [2.45, 2.75) is 31.9 Å². The number of hydrogen-bond acceptors (Lipinski definition) is 4. The highest BCUT2D eigenvalue weighted by Crippen LogP contribution is 2.38. The van der Waals surface area contributed by atoms with Crippen molar-refractivity contribution >= 4 is 11.6 Å². The normalized spacial score (nSPS) is 13.6. The van der Waals surface area contributed by atoms with Gasteiger partial charge in [-0.15, -0.1) is 5.10 Å².